The number of hydrogen-bond donors (Lipinski definition) is 0. The van der Waals surface area contributed by atoms with E-state index in [9.17, 15) is 0 Å². The lowest BCUT2D eigenvalue weighted by atomic mass is 10.1. The van der Waals surface area contributed by atoms with Crippen molar-refractivity contribution in [2.75, 3.05) is 0 Å². The fraction of sp³-hybridized carbons (Fsp3) is 0.500. The monoisotopic (exact) mass is 322 g/mol. The Morgan fingerprint density at radius 1 is 1.62 bits per heavy atom. The Morgan fingerprint density at radius 3 is 2.12 bits per heavy atom. The second kappa shape index (κ2) is 2.26. The van der Waals surface area contributed by atoms with Gasteiger partial charge in [0.1, 0.15) is 3.23 Å². The number of alkyl halides is 3. The van der Waals surface area contributed by atoms with Gasteiger partial charge in [0.2, 0.25) is 0 Å². The van der Waals surface area contributed by atoms with E-state index in [0.717, 1.165) is 5.03 Å². The largest absolute Gasteiger partial charge is 0.131 e. The molecule has 1 unspecified atom stereocenters. The lowest BCUT2D eigenvalue weighted by molar-refractivity contribution is 0.965. The van der Waals surface area contributed by atoms with E-state index < -0.39 is 0 Å². The molecule has 8 heavy (non-hydrogen) atoms. The summed E-state index contributed by atoms with van der Waals surface area (Å²) in [7, 11) is 0. The highest BCUT2D eigenvalue weighted by Crippen LogP contribution is 2.51. The third-order valence-electron chi connectivity index (χ3n) is 0.957. The Labute approximate surface area is 78.0 Å². The standard InChI is InChI=1S/C4H2Br3Cl/c5-2-1-3(8)4(2,6)7/h1-2H. The molecule has 0 amide bonds. The Morgan fingerprint density at radius 2 is 2.12 bits per heavy atom. The normalized spacial score (nSPS) is 33.5. The molecule has 0 aromatic heterocycles. The fourth-order valence-electron chi connectivity index (χ4n) is 0.380. The van der Waals surface area contributed by atoms with Crippen molar-refractivity contribution < 1.29 is 0 Å². The molecular weight excluding hydrogens is 323 g/mol. The zero-order valence-electron chi connectivity index (χ0n) is 3.67. The van der Waals surface area contributed by atoms with Crippen LogP contribution in [-0.4, -0.2) is 8.06 Å². The number of allylic oxidation sites excluding steroid dienone is 2. The summed E-state index contributed by atoms with van der Waals surface area (Å²) in [5.74, 6) is 0. The topological polar surface area (TPSA) is 0 Å². The van der Waals surface area contributed by atoms with Crippen LogP contribution in [0.4, 0.5) is 0 Å². The Balaban J connectivity index is 2.77. The van der Waals surface area contributed by atoms with Crippen LogP contribution in [0, 0.1) is 0 Å². The molecule has 0 nitrogen and oxygen atoms in total. The first-order chi connectivity index (χ1) is 3.55. The predicted molar refractivity (Wildman–Crippen MR) is 47.2 cm³/mol. The molecule has 0 radical (unpaired) electrons. The first-order valence-electron chi connectivity index (χ1n) is 1.95. The molecule has 4 heteroatoms. The molecule has 0 aliphatic heterocycles. The third kappa shape index (κ3) is 1.02. The van der Waals surface area contributed by atoms with E-state index in [1.54, 1.807) is 0 Å². The van der Waals surface area contributed by atoms with Crippen LogP contribution in [-0.2, 0) is 0 Å². The van der Waals surface area contributed by atoms with E-state index in [1.807, 2.05) is 6.08 Å². The van der Waals surface area contributed by atoms with Gasteiger partial charge in [-0.1, -0.05) is 65.5 Å². The number of rotatable bonds is 0. The molecule has 0 fully saturated rings. The highest BCUT2D eigenvalue weighted by Gasteiger charge is 2.41. The molecule has 1 aliphatic rings. The van der Waals surface area contributed by atoms with Gasteiger partial charge in [-0.05, 0) is 0 Å². The van der Waals surface area contributed by atoms with Crippen molar-refractivity contribution in [1.29, 1.82) is 0 Å². The minimum atomic E-state index is -0.193. The van der Waals surface area contributed by atoms with Crippen molar-refractivity contribution in [1.82, 2.24) is 0 Å². The molecule has 0 aromatic rings. The molecule has 0 N–H and O–H groups in total. The zero-order valence-corrected chi connectivity index (χ0v) is 9.18. The van der Waals surface area contributed by atoms with Crippen molar-refractivity contribution in [3.63, 3.8) is 0 Å². The summed E-state index contributed by atoms with van der Waals surface area (Å²) in [5, 5.41) is 0.805. The van der Waals surface area contributed by atoms with Gasteiger partial charge < -0.3 is 0 Å². The lowest BCUT2D eigenvalue weighted by Gasteiger charge is -2.32. The van der Waals surface area contributed by atoms with Crippen molar-refractivity contribution in [2.45, 2.75) is 8.06 Å². The fourth-order valence-corrected chi connectivity index (χ4v) is 1.95. The average Bonchev–Trinajstić information content (AvgIpc) is 1.68. The molecule has 0 saturated heterocycles. The van der Waals surface area contributed by atoms with Crippen LogP contribution in [0.3, 0.4) is 0 Å². The van der Waals surface area contributed by atoms with Crippen molar-refractivity contribution in [3.8, 4) is 0 Å². The maximum Gasteiger partial charge on any atom is 0.131 e. The van der Waals surface area contributed by atoms with E-state index in [4.69, 9.17) is 11.6 Å². The Kier molecular flexibility index (Phi) is 2.14. The first-order valence-corrected chi connectivity index (χ1v) is 4.83. The molecule has 0 saturated carbocycles. The van der Waals surface area contributed by atoms with Gasteiger partial charge in [0.25, 0.3) is 0 Å². The molecule has 1 rings (SSSR count). The summed E-state index contributed by atoms with van der Waals surface area (Å²) in [5.41, 5.74) is 0. The second-order valence-electron chi connectivity index (χ2n) is 1.54. The molecule has 1 atom stereocenters. The Hall–Kier alpha value is 1.47. The van der Waals surface area contributed by atoms with Gasteiger partial charge in [0, 0.05) is 5.03 Å². The van der Waals surface area contributed by atoms with Crippen LogP contribution in [0.5, 0.6) is 0 Å². The molecule has 46 valence electrons. The molecule has 0 aromatic carbocycles. The predicted octanol–water partition coefficient (Wildman–Crippen LogP) is 3.37. The molecule has 1 aliphatic carbocycles. The first kappa shape index (κ1) is 7.58. The minimum absolute atomic E-state index is 0.193. The summed E-state index contributed by atoms with van der Waals surface area (Å²) < 4.78 is -0.193. The zero-order chi connectivity index (χ0) is 6.36. The smallest absolute Gasteiger partial charge is 0.0869 e. The molecule has 0 spiro atoms. The van der Waals surface area contributed by atoms with Crippen LogP contribution >= 0.6 is 59.4 Å². The van der Waals surface area contributed by atoms with Gasteiger partial charge in [0.05, 0.1) is 4.83 Å². The average molecular weight is 325 g/mol. The van der Waals surface area contributed by atoms with Gasteiger partial charge in [-0.15, -0.1) is 0 Å². The van der Waals surface area contributed by atoms with Crippen LogP contribution < -0.4 is 0 Å². The highest BCUT2D eigenvalue weighted by atomic mass is 79.9. The lowest BCUT2D eigenvalue weighted by Crippen LogP contribution is -2.32. The SMILES string of the molecule is ClC1=CC(Br)C1(Br)Br. The quantitative estimate of drug-likeness (QED) is 0.599. The molecular formula is C4H2Br3Cl. The van der Waals surface area contributed by atoms with Crippen LogP contribution in [0.2, 0.25) is 0 Å². The van der Waals surface area contributed by atoms with Gasteiger partial charge in [-0.3, -0.25) is 0 Å². The second-order valence-corrected chi connectivity index (χ2v) is 6.50. The van der Waals surface area contributed by atoms with E-state index >= 15 is 0 Å². The van der Waals surface area contributed by atoms with Crippen LogP contribution in [0.25, 0.3) is 0 Å². The minimum Gasteiger partial charge on any atom is -0.0869 e. The summed E-state index contributed by atoms with van der Waals surface area (Å²) in [6.45, 7) is 0. The van der Waals surface area contributed by atoms with Crippen LogP contribution in [0.15, 0.2) is 11.1 Å². The number of halogens is 4. The van der Waals surface area contributed by atoms with Gasteiger partial charge >= 0.3 is 0 Å². The van der Waals surface area contributed by atoms with Gasteiger partial charge in [0.15, 0.2) is 0 Å². The number of hydrogen-bond acceptors (Lipinski definition) is 0. The van der Waals surface area contributed by atoms with E-state index in [1.165, 1.54) is 0 Å². The van der Waals surface area contributed by atoms with Crippen molar-refractivity contribution in [3.05, 3.63) is 11.1 Å². The van der Waals surface area contributed by atoms with E-state index in [-0.39, 0.29) is 3.23 Å². The third-order valence-corrected chi connectivity index (χ3v) is 5.86. The van der Waals surface area contributed by atoms with E-state index in [2.05, 4.69) is 47.8 Å². The summed E-state index contributed by atoms with van der Waals surface area (Å²) >= 11 is 15.8. The summed E-state index contributed by atoms with van der Waals surface area (Å²) in [4.78, 5) is 0.308. The van der Waals surface area contributed by atoms with Gasteiger partial charge in [-0.25, -0.2) is 0 Å². The van der Waals surface area contributed by atoms with E-state index in [0.29, 0.717) is 4.83 Å². The summed E-state index contributed by atoms with van der Waals surface area (Å²) in [6.07, 6.45) is 1.92. The van der Waals surface area contributed by atoms with Gasteiger partial charge in [-0.2, -0.15) is 0 Å². The molecule has 0 heterocycles. The highest BCUT2D eigenvalue weighted by molar-refractivity contribution is 9.26. The maximum atomic E-state index is 5.67. The van der Waals surface area contributed by atoms with Crippen molar-refractivity contribution >= 4 is 59.4 Å². The maximum absolute atomic E-state index is 5.67. The van der Waals surface area contributed by atoms with Crippen molar-refractivity contribution in [2.24, 2.45) is 0 Å². The summed E-state index contributed by atoms with van der Waals surface area (Å²) in [6, 6.07) is 0. The molecule has 0 bridgehead atoms. The van der Waals surface area contributed by atoms with Crippen LogP contribution in [0.1, 0.15) is 0 Å². The Bertz CT molecular complexity index is 140.